The zero-order valence-corrected chi connectivity index (χ0v) is 19.2. The molecule has 17 nitrogen and oxygen atoms in total. The van der Waals surface area contributed by atoms with E-state index >= 15 is 0 Å². The van der Waals surface area contributed by atoms with Gasteiger partial charge in [-0.15, -0.1) is 0 Å². The molecule has 0 spiro atoms. The summed E-state index contributed by atoms with van der Waals surface area (Å²) >= 11 is 0. The maximum Gasteiger partial charge on any atom is 0.475 e. The number of aliphatic hydroxyl groups excluding tert-OH is 4. The van der Waals surface area contributed by atoms with E-state index in [9.17, 15) is 39.5 Å². The SMILES string of the molecule is CC1OC(OP(=O)(O)OCC2OC(n3ccc(N)nc3=O)[C@H](O)[C@@H]2O)(C(=O)O)CC(O)C1NCO. The summed E-state index contributed by atoms with van der Waals surface area (Å²) in [6, 6.07) is 0.344. The largest absolute Gasteiger partial charge is 0.477 e. The van der Waals surface area contributed by atoms with Crippen molar-refractivity contribution in [2.24, 2.45) is 0 Å². The first-order valence-electron chi connectivity index (χ1n) is 10.3. The van der Waals surface area contributed by atoms with E-state index in [1.165, 1.54) is 13.0 Å². The summed E-state index contributed by atoms with van der Waals surface area (Å²) in [5.41, 5.74) is 4.52. The third-order valence-electron chi connectivity index (χ3n) is 5.55. The first-order chi connectivity index (χ1) is 16.3. The van der Waals surface area contributed by atoms with Crippen molar-refractivity contribution in [1.29, 1.82) is 0 Å². The number of aliphatic carboxylic acids is 1. The number of hydrogen-bond acceptors (Lipinski definition) is 14. The van der Waals surface area contributed by atoms with Crippen LogP contribution in [0.4, 0.5) is 5.82 Å². The number of nitrogens with two attached hydrogens (primary N) is 1. The highest BCUT2D eigenvalue weighted by molar-refractivity contribution is 7.47. The summed E-state index contributed by atoms with van der Waals surface area (Å²) in [5, 5.41) is 51.8. The molecular formula is C17H27N4O13P. The van der Waals surface area contributed by atoms with Crippen molar-refractivity contribution in [3.8, 4) is 0 Å². The zero-order valence-electron chi connectivity index (χ0n) is 18.3. The van der Waals surface area contributed by atoms with E-state index < -0.39 is 87.8 Å². The van der Waals surface area contributed by atoms with Gasteiger partial charge in [0.1, 0.15) is 24.1 Å². The van der Waals surface area contributed by atoms with Crippen molar-refractivity contribution < 1.29 is 58.3 Å². The highest BCUT2D eigenvalue weighted by Gasteiger charge is 2.56. The summed E-state index contributed by atoms with van der Waals surface area (Å²) in [6.45, 7) is -0.0760. The highest BCUT2D eigenvalue weighted by atomic mass is 31.2. The number of aliphatic hydroxyl groups is 4. The molecule has 0 bridgehead atoms. The monoisotopic (exact) mass is 526 g/mol. The van der Waals surface area contributed by atoms with Gasteiger partial charge in [-0.2, -0.15) is 4.98 Å². The van der Waals surface area contributed by atoms with Crippen LogP contribution in [0.1, 0.15) is 19.6 Å². The molecule has 198 valence electrons. The standard InChI is InChI=1S/C17H27N4O13P/c1-7-11(19-6-22)8(23)4-17(33-7,15(26)27)34-35(29,30)31-5-9-12(24)13(25)14(32-9)21-3-2-10(18)20-16(21)28/h2-3,7-9,11-14,19,22-25H,4-6H2,1H3,(H,26,27)(H,29,30)(H2,18,20,28)/t7?,8?,9?,11?,12-,13-,14?,17?/m1/s1. The Morgan fingerprint density at radius 1 is 1.40 bits per heavy atom. The Morgan fingerprint density at radius 3 is 2.66 bits per heavy atom. The molecule has 2 saturated heterocycles. The lowest BCUT2D eigenvalue weighted by molar-refractivity contribution is -0.268. The Bertz CT molecular complexity index is 1010. The fraction of sp³-hybridized carbons (Fsp3) is 0.706. The van der Waals surface area contributed by atoms with Crippen molar-refractivity contribution in [2.45, 2.75) is 61.9 Å². The lowest BCUT2D eigenvalue weighted by atomic mass is 9.94. The number of ether oxygens (including phenoxy) is 2. The molecule has 18 heteroatoms. The van der Waals surface area contributed by atoms with E-state index in [2.05, 4.69) is 10.3 Å². The van der Waals surface area contributed by atoms with Crippen LogP contribution < -0.4 is 16.7 Å². The van der Waals surface area contributed by atoms with Crippen LogP contribution in [0.25, 0.3) is 0 Å². The Hall–Kier alpha value is -2.02. The molecule has 2 aliphatic heterocycles. The minimum absolute atomic E-state index is 0.0901. The van der Waals surface area contributed by atoms with Crippen LogP contribution in [0.5, 0.6) is 0 Å². The van der Waals surface area contributed by atoms with E-state index in [1.54, 1.807) is 0 Å². The van der Waals surface area contributed by atoms with Crippen molar-refractivity contribution in [3.05, 3.63) is 22.7 Å². The minimum atomic E-state index is -5.23. The number of nitrogens with zero attached hydrogens (tertiary/aromatic N) is 2. The number of anilines is 1. The number of nitrogen functional groups attached to an aromatic ring is 1. The van der Waals surface area contributed by atoms with Crippen LogP contribution in [0.3, 0.4) is 0 Å². The van der Waals surface area contributed by atoms with E-state index in [-0.39, 0.29) is 5.82 Å². The highest BCUT2D eigenvalue weighted by Crippen LogP contribution is 2.51. The van der Waals surface area contributed by atoms with E-state index in [4.69, 9.17) is 29.4 Å². The Balaban J connectivity index is 1.69. The lowest BCUT2D eigenvalue weighted by Gasteiger charge is -2.43. The van der Waals surface area contributed by atoms with Gasteiger partial charge >= 0.3 is 19.5 Å². The second-order valence-corrected chi connectivity index (χ2v) is 9.36. The molecule has 3 rings (SSSR count). The molecule has 35 heavy (non-hydrogen) atoms. The molecule has 0 radical (unpaired) electrons. The average Bonchev–Trinajstić information content (AvgIpc) is 3.03. The van der Waals surface area contributed by atoms with Gasteiger partial charge in [-0.3, -0.25) is 14.4 Å². The molecule has 7 unspecified atom stereocenters. The molecule has 0 saturated carbocycles. The van der Waals surface area contributed by atoms with Crippen LogP contribution in [0.15, 0.2) is 17.1 Å². The number of rotatable bonds is 9. The number of hydrogen-bond donors (Lipinski definition) is 8. The number of nitrogens with one attached hydrogen (secondary N) is 1. The second-order valence-electron chi connectivity index (χ2n) is 7.98. The molecule has 9 atom stereocenters. The molecule has 3 heterocycles. The summed E-state index contributed by atoms with van der Waals surface area (Å²) in [7, 11) is -5.23. The van der Waals surface area contributed by atoms with Crippen molar-refractivity contribution in [3.63, 3.8) is 0 Å². The Labute approximate surface area is 197 Å². The molecule has 1 aromatic heterocycles. The molecular weight excluding hydrogens is 499 g/mol. The smallest absolute Gasteiger partial charge is 0.475 e. The Morgan fingerprint density at radius 2 is 2.09 bits per heavy atom. The van der Waals surface area contributed by atoms with Crippen LogP contribution in [0, 0.1) is 0 Å². The second kappa shape index (κ2) is 10.5. The van der Waals surface area contributed by atoms with Gasteiger partial charge in [0, 0.05) is 12.6 Å². The zero-order chi connectivity index (χ0) is 26.1. The third kappa shape index (κ3) is 5.87. The topological polar surface area (TPSA) is 265 Å². The normalized spacial score (nSPS) is 37.1. The van der Waals surface area contributed by atoms with Gasteiger partial charge in [0.25, 0.3) is 5.79 Å². The fourth-order valence-corrected chi connectivity index (χ4v) is 4.83. The molecule has 2 fully saturated rings. The first-order valence-corrected chi connectivity index (χ1v) is 11.8. The molecule has 2 aliphatic rings. The predicted molar refractivity (Wildman–Crippen MR) is 111 cm³/mol. The fourth-order valence-electron chi connectivity index (χ4n) is 3.88. The van der Waals surface area contributed by atoms with Gasteiger partial charge < -0.3 is 45.6 Å². The van der Waals surface area contributed by atoms with E-state index in [0.29, 0.717) is 0 Å². The van der Waals surface area contributed by atoms with Gasteiger partial charge in [0.05, 0.1) is 31.6 Å². The van der Waals surface area contributed by atoms with Gasteiger partial charge in [-0.05, 0) is 13.0 Å². The van der Waals surface area contributed by atoms with Gasteiger partial charge in [0.2, 0.25) is 0 Å². The van der Waals surface area contributed by atoms with Crippen LogP contribution in [0.2, 0.25) is 0 Å². The molecule has 0 aromatic carbocycles. The summed E-state index contributed by atoms with van der Waals surface area (Å²) in [6.07, 6.45) is -8.39. The Kier molecular flexibility index (Phi) is 8.30. The number of aromatic nitrogens is 2. The number of phosphoric ester groups is 1. The molecule has 1 aromatic rings. The van der Waals surface area contributed by atoms with Crippen molar-refractivity contribution in [2.75, 3.05) is 19.1 Å². The summed E-state index contributed by atoms with van der Waals surface area (Å²) in [4.78, 5) is 37.5. The van der Waals surface area contributed by atoms with Crippen molar-refractivity contribution >= 4 is 19.6 Å². The summed E-state index contributed by atoms with van der Waals surface area (Å²) in [5.74, 6) is -4.70. The quantitative estimate of drug-likeness (QED) is 0.114. The minimum Gasteiger partial charge on any atom is -0.477 e. The number of carbonyl (C=O) groups is 1. The number of phosphoric acid groups is 1. The lowest BCUT2D eigenvalue weighted by Crippen LogP contribution is -2.62. The van der Waals surface area contributed by atoms with Crippen molar-refractivity contribution in [1.82, 2.24) is 14.9 Å². The van der Waals surface area contributed by atoms with Crippen LogP contribution in [-0.2, 0) is 27.9 Å². The predicted octanol–water partition coefficient (Wildman–Crippen LogP) is -3.56. The van der Waals surface area contributed by atoms with E-state index in [1.807, 2.05) is 0 Å². The molecule has 0 amide bonds. The van der Waals surface area contributed by atoms with Crippen LogP contribution >= 0.6 is 7.82 Å². The molecule has 9 N–H and O–H groups in total. The third-order valence-corrected chi connectivity index (χ3v) is 6.56. The first kappa shape index (κ1) is 27.6. The van der Waals surface area contributed by atoms with Gasteiger partial charge in [-0.25, -0.2) is 18.7 Å². The van der Waals surface area contributed by atoms with Crippen LogP contribution in [-0.4, -0.2) is 102 Å². The van der Waals surface area contributed by atoms with Gasteiger partial charge in [-0.1, -0.05) is 0 Å². The number of carboxylic acids is 1. The van der Waals surface area contributed by atoms with E-state index in [0.717, 1.165) is 10.8 Å². The average molecular weight is 526 g/mol. The van der Waals surface area contributed by atoms with Gasteiger partial charge in [0.15, 0.2) is 6.23 Å². The molecule has 0 aliphatic carbocycles. The maximum absolute atomic E-state index is 12.6. The summed E-state index contributed by atoms with van der Waals surface area (Å²) < 4.78 is 33.6. The maximum atomic E-state index is 12.6. The number of carboxylic acid groups (broad SMARTS) is 1.